The van der Waals surface area contributed by atoms with Gasteiger partial charge in [-0.1, -0.05) is 50.8 Å². The van der Waals surface area contributed by atoms with Gasteiger partial charge in [-0.2, -0.15) is 0 Å². The Morgan fingerprint density at radius 2 is 1.64 bits per heavy atom. The zero-order valence-electron chi connectivity index (χ0n) is 9.37. The van der Waals surface area contributed by atoms with E-state index in [4.69, 9.17) is 0 Å². The lowest BCUT2D eigenvalue weighted by molar-refractivity contribution is 0.112. The fourth-order valence-electron chi connectivity index (χ4n) is 1.36. The van der Waals surface area contributed by atoms with Crippen molar-refractivity contribution in [3.63, 3.8) is 0 Å². The van der Waals surface area contributed by atoms with E-state index in [1.165, 1.54) is 5.56 Å². The van der Waals surface area contributed by atoms with E-state index in [9.17, 15) is 4.79 Å². The molecular formula is C12H18OSi. The Morgan fingerprint density at radius 3 is 2.00 bits per heavy atom. The number of carbonyl (C=O) groups excluding carboxylic acids is 1. The molecule has 0 aromatic heterocycles. The highest BCUT2D eigenvalue weighted by molar-refractivity contribution is 6.77. The number of carbonyl (C=O) groups is 1. The van der Waals surface area contributed by atoms with E-state index >= 15 is 0 Å². The lowest BCUT2D eigenvalue weighted by Crippen LogP contribution is -2.28. The van der Waals surface area contributed by atoms with E-state index < -0.39 is 8.07 Å². The average molecular weight is 206 g/mol. The third kappa shape index (κ3) is 2.55. The molecule has 76 valence electrons. The van der Waals surface area contributed by atoms with E-state index in [2.05, 4.69) is 38.7 Å². The molecule has 2 heteroatoms. The smallest absolute Gasteiger partial charge is 0.150 e. The van der Waals surface area contributed by atoms with Gasteiger partial charge in [-0.05, 0) is 11.1 Å². The van der Waals surface area contributed by atoms with E-state index in [-0.39, 0.29) is 0 Å². The highest BCUT2D eigenvalue weighted by Gasteiger charge is 2.23. The zero-order valence-corrected chi connectivity index (χ0v) is 10.4. The normalized spacial score (nSPS) is 13.7. The van der Waals surface area contributed by atoms with Crippen molar-refractivity contribution in [2.24, 2.45) is 0 Å². The van der Waals surface area contributed by atoms with E-state index in [0.717, 1.165) is 11.8 Å². The number of hydrogen-bond acceptors (Lipinski definition) is 1. The first-order chi connectivity index (χ1) is 6.45. The molecule has 0 fully saturated rings. The summed E-state index contributed by atoms with van der Waals surface area (Å²) in [6, 6.07) is 7.96. The van der Waals surface area contributed by atoms with Crippen LogP contribution in [-0.2, 0) is 0 Å². The second-order valence-electron chi connectivity index (χ2n) is 4.87. The SMILES string of the molecule is CC(c1ccc(C=O)cc1)[Si](C)(C)C. The van der Waals surface area contributed by atoms with Gasteiger partial charge in [0, 0.05) is 5.56 Å². The highest BCUT2D eigenvalue weighted by Crippen LogP contribution is 2.26. The molecule has 1 aromatic carbocycles. The second-order valence-corrected chi connectivity index (χ2v) is 10.5. The van der Waals surface area contributed by atoms with Crippen LogP contribution in [-0.4, -0.2) is 14.4 Å². The Bertz CT molecular complexity index is 308. The molecule has 0 saturated heterocycles. The Hall–Kier alpha value is -0.893. The van der Waals surface area contributed by atoms with Crippen molar-refractivity contribution < 1.29 is 4.79 Å². The largest absolute Gasteiger partial charge is 0.298 e. The first kappa shape index (κ1) is 11.2. The second kappa shape index (κ2) is 4.09. The molecule has 0 bridgehead atoms. The summed E-state index contributed by atoms with van der Waals surface area (Å²) in [5, 5.41) is 0. The first-order valence-electron chi connectivity index (χ1n) is 5.00. The van der Waals surface area contributed by atoms with Crippen LogP contribution in [0, 0.1) is 0 Å². The predicted molar refractivity (Wildman–Crippen MR) is 63.6 cm³/mol. The van der Waals surface area contributed by atoms with Gasteiger partial charge < -0.3 is 0 Å². The van der Waals surface area contributed by atoms with E-state index in [1.807, 2.05) is 12.1 Å². The summed E-state index contributed by atoms with van der Waals surface area (Å²) in [7, 11) is -1.12. The molecule has 14 heavy (non-hydrogen) atoms. The fourth-order valence-corrected chi connectivity index (χ4v) is 2.56. The number of benzene rings is 1. The van der Waals surface area contributed by atoms with Gasteiger partial charge in [-0.15, -0.1) is 0 Å². The molecule has 0 spiro atoms. The Labute approximate surface area is 87.2 Å². The minimum Gasteiger partial charge on any atom is -0.298 e. The van der Waals surface area contributed by atoms with Gasteiger partial charge in [0.2, 0.25) is 0 Å². The molecule has 0 aliphatic carbocycles. The molecule has 0 amide bonds. The molecule has 0 N–H and O–H groups in total. The van der Waals surface area contributed by atoms with Crippen molar-refractivity contribution in [2.45, 2.75) is 32.1 Å². The van der Waals surface area contributed by atoms with Gasteiger partial charge in [-0.25, -0.2) is 0 Å². The maximum atomic E-state index is 10.5. The monoisotopic (exact) mass is 206 g/mol. The summed E-state index contributed by atoms with van der Waals surface area (Å²) < 4.78 is 0. The summed E-state index contributed by atoms with van der Waals surface area (Å²) in [5.74, 6) is 0. The average Bonchev–Trinajstić information content (AvgIpc) is 2.15. The number of aldehydes is 1. The summed E-state index contributed by atoms with van der Waals surface area (Å²) in [6.45, 7) is 9.38. The van der Waals surface area contributed by atoms with Crippen molar-refractivity contribution in [2.75, 3.05) is 0 Å². The maximum Gasteiger partial charge on any atom is 0.150 e. The molecule has 1 atom stereocenters. The van der Waals surface area contributed by atoms with Crippen LogP contribution in [0.3, 0.4) is 0 Å². The lowest BCUT2D eigenvalue weighted by Gasteiger charge is -2.25. The van der Waals surface area contributed by atoms with Gasteiger partial charge in [0.15, 0.2) is 0 Å². The van der Waals surface area contributed by atoms with Crippen LogP contribution in [0.25, 0.3) is 0 Å². The Balaban J connectivity index is 2.92. The molecule has 0 aliphatic rings. The Morgan fingerprint density at radius 1 is 1.14 bits per heavy atom. The third-order valence-corrected chi connectivity index (χ3v) is 5.80. The third-order valence-electron chi connectivity index (χ3n) is 2.87. The molecule has 0 aliphatic heterocycles. The molecule has 0 heterocycles. The highest BCUT2D eigenvalue weighted by atomic mass is 28.3. The van der Waals surface area contributed by atoms with Crippen LogP contribution in [0.5, 0.6) is 0 Å². The van der Waals surface area contributed by atoms with Gasteiger partial charge in [-0.3, -0.25) is 4.79 Å². The molecule has 1 aromatic rings. The minimum absolute atomic E-state index is 0.642. The molecule has 0 saturated carbocycles. The predicted octanol–water partition coefficient (Wildman–Crippen LogP) is 3.48. The maximum absolute atomic E-state index is 10.5. The number of hydrogen-bond donors (Lipinski definition) is 0. The summed E-state index contributed by atoms with van der Waals surface area (Å²) in [5.41, 5.74) is 2.76. The van der Waals surface area contributed by atoms with Gasteiger partial charge >= 0.3 is 0 Å². The fraction of sp³-hybridized carbons (Fsp3) is 0.417. The summed E-state index contributed by atoms with van der Waals surface area (Å²) >= 11 is 0. The van der Waals surface area contributed by atoms with Crippen LogP contribution in [0.2, 0.25) is 19.6 Å². The molecule has 1 rings (SSSR count). The molecule has 1 nitrogen and oxygen atoms in total. The van der Waals surface area contributed by atoms with Crippen LogP contribution in [0.15, 0.2) is 24.3 Å². The van der Waals surface area contributed by atoms with Gasteiger partial charge in [0.1, 0.15) is 6.29 Å². The first-order valence-corrected chi connectivity index (χ1v) is 8.58. The van der Waals surface area contributed by atoms with Gasteiger partial charge in [0.05, 0.1) is 8.07 Å². The van der Waals surface area contributed by atoms with Gasteiger partial charge in [0.25, 0.3) is 0 Å². The van der Waals surface area contributed by atoms with Crippen molar-refractivity contribution in [1.82, 2.24) is 0 Å². The van der Waals surface area contributed by atoms with Crippen LogP contribution in [0.4, 0.5) is 0 Å². The van der Waals surface area contributed by atoms with Crippen molar-refractivity contribution >= 4 is 14.4 Å². The Kier molecular flexibility index (Phi) is 3.27. The van der Waals surface area contributed by atoms with Crippen LogP contribution in [0.1, 0.15) is 28.4 Å². The molecule has 1 unspecified atom stereocenters. The van der Waals surface area contributed by atoms with Crippen molar-refractivity contribution in [3.8, 4) is 0 Å². The standard InChI is InChI=1S/C12H18OSi/c1-10(14(2,3)4)12-7-5-11(9-13)6-8-12/h5-10H,1-4H3. The van der Waals surface area contributed by atoms with Crippen LogP contribution >= 0.6 is 0 Å². The van der Waals surface area contributed by atoms with E-state index in [0.29, 0.717) is 5.54 Å². The van der Waals surface area contributed by atoms with Crippen LogP contribution < -0.4 is 0 Å². The van der Waals surface area contributed by atoms with Crippen molar-refractivity contribution in [3.05, 3.63) is 35.4 Å². The lowest BCUT2D eigenvalue weighted by atomic mass is 10.1. The molecular weight excluding hydrogens is 188 g/mol. The summed E-state index contributed by atoms with van der Waals surface area (Å²) in [6.07, 6.45) is 0.892. The minimum atomic E-state index is -1.12. The van der Waals surface area contributed by atoms with Crippen molar-refractivity contribution in [1.29, 1.82) is 0 Å². The quantitative estimate of drug-likeness (QED) is 0.546. The zero-order chi connectivity index (χ0) is 10.8. The summed E-state index contributed by atoms with van der Waals surface area (Å²) in [4.78, 5) is 10.5. The van der Waals surface area contributed by atoms with E-state index in [1.54, 1.807) is 0 Å². The topological polar surface area (TPSA) is 17.1 Å². The molecule has 0 radical (unpaired) electrons. The number of rotatable bonds is 3.